The number of aliphatic hydroxyl groups is 1. The van der Waals surface area contributed by atoms with Crippen molar-refractivity contribution < 1.29 is 23.8 Å². The van der Waals surface area contributed by atoms with Gasteiger partial charge in [-0.15, -0.1) is 0 Å². The molecule has 2 aromatic carbocycles. The third kappa shape index (κ3) is 4.09. The molecule has 0 radical (unpaired) electrons. The summed E-state index contributed by atoms with van der Waals surface area (Å²) in [7, 11) is 1.56. The van der Waals surface area contributed by atoms with E-state index in [2.05, 4.69) is 0 Å². The van der Waals surface area contributed by atoms with E-state index in [9.17, 15) is 14.3 Å². The van der Waals surface area contributed by atoms with Gasteiger partial charge in [-0.2, -0.15) is 0 Å². The van der Waals surface area contributed by atoms with Crippen molar-refractivity contribution in [2.45, 2.75) is 18.6 Å². The van der Waals surface area contributed by atoms with Gasteiger partial charge in [-0.25, -0.2) is 4.39 Å². The normalized spacial score (nSPS) is 19.7. The minimum Gasteiger partial charge on any atom is -0.497 e. The Hall–Kier alpha value is -2.60. The third-order valence-corrected chi connectivity index (χ3v) is 4.24. The number of hydrogen-bond acceptors (Lipinski definition) is 4. The van der Waals surface area contributed by atoms with Gasteiger partial charge in [0.25, 0.3) is 5.91 Å². The molecule has 0 aromatic heterocycles. The van der Waals surface area contributed by atoms with Crippen molar-refractivity contribution in [3.63, 3.8) is 0 Å². The number of carbonyl (C=O) groups is 1. The number of rotatable bonds is 5. The Kier molecular flexibility index (Phi) is 5.19. The number of ether oxygens (including phenoxy) is 2. The molecule has 3 rings (SSSR count). The fourth-order valence-corrected chi connectivity index (χ4v) is 3.04. The van der Waals surface area contributed by atoms with Crippen LogP contribution in [0, 0.1) is 5.82 Å². The van der Waals surface area contributed by atoms with E-state index < -0.39 is 6.10 Å². The molecular formula is C19H20FNO4. The number of benzene rings is 2. The monoisotopic (exact) mass is 345 g/mol. The first kappa shape index (κ1) is 17.2. The number of likely N-dealkylation sites (tertiary alicyclic amines) is 1. The highest BCUT2D eigenvalue weighted by Gasteiger charge is 2.35. The average molecular weight is 345 g/mol. The van der Waals surface area contributed by atoms with E-state index in [1.807, 2.05) is 0 Å². The Bertz CT molecular complexity index is 752. The number of methoxy groups -OCH3 is 1. The second-order valence-corrected chi connectivity index (χ2v) is 5.97. The molecule has 0 aliphatic carbocycles. The summed E-state index contributed by atoms with van der Waals surface area (Å²) in [4.78, 5) is 14.1. The molecule has 25 heavy (non-hydrogen) atoms. The van der Waals surface area contributed by atoms with Gasteiger partial charge >= 0.3 is 0 Å². The van der Waals surface area contributed by atoms with E-state index in [0.29, 0.717) is 23.5 Å². The molecule has 2 atom stereocenters. The van der Waals surface area contributed by atoms with Crippen LogP contribution in [0.3, 0.4) is 0 Å². The van der Waals surface area contributed by atoms with Gasteiger partial charge < -0.3 is 19.5 Å². The SMILES string of the molecule is COc1cccc(OCC(=O)N2C[C@H](O)C[C@@H]2c2cccc(F)c2)c1. The summed E-state index contributed by atoms with van der Waals surface area (Å²) >= 11 is 0. The first-order valence-corrected chi connectivity index (χ1v) is 8.06. The molecule has 0 bridgehead atoms. The molecule has 1 amide bonds. The number of amides is 1. The van der Waals surface area contributed by atoms with Gasteiger partial charge in [0.05, 0.1) is 19.3 Å². The molecular weight excluding hydrogens is 325 g/mol. The van der Waals surface area contributed by atoms with Crippen LogP contribution in [0.25, 0.3) is 0 Å². The molecule has 6 heteroatoms. The van der Waals surface area contributed by atoms with Crippen molar-refractivity contribution in [2.24, 2.45) is 0 Å². The van der Waals surface area contributed by atoms with Crippen LogP contribution in [0.5, 0.6) is 11.5 Å². The van der Waals surface area contributed by atoms with Gasteiger partial charge in [-0.1, -0.05) is 18.2 Å². The van der Waals surface area contributed by atoms with Crippen LogP contribution in [0.15, 0.2) is 48.5 Å². The van der Waals surface area contributed by atoms with Crippen LogP contribution in [0.1, 0.15) is 18.0 Å². The highest BCUT2D eigenvalue weighted by molar-refractivity contribution is 5.78. The van der Waals surface area contributed by atoms with Crippen LogP contribution in [-0.4, -0.2) is 42.3 Å². The van der Waals surface area contributed by atoms with Crippen molar-refractivity contribution in [1.82, 2.24) is 4.90 Å². The summed E-state index contributed by atoms with van der Waals surface area (Å²) in [5.41, 5.74) is 0.672. The number of hydrogen-bond donors (Lipinski definition) is 1. The topological polar surface area (TPSA) is 59.0 Å². The molecule has 132 valence electrons. The minimum absolute atomic E-state index is 0.161. The Morgan fingerprint density at radius 1 is 1.24 bits per heavy atom. The summed E-state index contributed by atoms with van der Waals surface area (Å²) in [6.45, 7) is 0.0488. The van der Waals surface area contributed by atoms with Crippen LogP contribution < -0.4 is 9.47 Å². The maximum absolute atomic E-state index is 13.5. The van der Waals surface area contributed by atoms with Gasteiger partial charge in [0.1, 0.15) is 17.3 Å². The van der Waals surface area contributed by atoms with Crippen molar-refractivity contribution in [3.8, 4) is 11.5 Å². The zero-order chi connectivity index (χ0) is 17.8. The zero-order valence-electron chi connectivity index (χ0n) is 13.9. The molecule has 0 spiro atoms. The summed E-state index contributed by atoms with van der Waals surface area (Å²) in [6.07, 6.45) is -0.247. The highest BCUT2D eigenvalue weighted by atomic mass is 19.1. The molecule has 1 N–H and O–H groups in total. The molecule has 1 fully saturated rings. The highest BCUT2D eigenvalue weighted by Crippen LogP contribution is 2.32. The maximum atomic E-state index is 13.5. The summed E-state index contributed by atoms with van der Waals surface area (Å²) < 4.78 is 24.1. The van der Waals surface area contributed by atoms with Crippen molar-refractivity contribution in [2.75, 3.05) is 20.3 Å². The van der Waals surface area contributed by atoms with Crippen molar-refractivity contribution in [3.05, 3.63) is 59.9 Å². The lowest BCUT2D eigenvalue weighted by Gasteiger charge is -2.25. The zero-order valence-corrected chi connectivity index (χ0v) is 13.9. The lowest BCUT2D eigenvalue weighted by Crippen LogP contribution is -2.35. The molecule has 1 aliphatic heterocycles. The second kappa shape index (κ2) is 7.53. The van der Waals surface area contributed by atoms with E-state index in [1.54, 1.807) is 48.4 Å². The molecule has 1 heterocycles. The summed E-state index contributed by atoms with van der Waals surface area (Å²) in [5, 5.41) is 9.96. The lowest BCUT2D eigenvalue weighted by molar-refractivity contribution is -0.134. The van der Waals surface area contributed by atoms with Gasteiger partial charge in [0.2, 0.25) is 0 Å². The van der Waals surface area contributed by atoms with Crippen LogP contribution in [-0.2, 0) is 4.79 Å². The first-order valence-electron chi connectivity index (χ1n) is 8.06. The largest absolute Gasteiger partial charge is 0.497 e. The Morgan fingerprint density at radius 3 is 2.76 bits per heavy atom. The van der Waals surface area contributed by atoms with E-state index in [-0.39, 0.29) is 30.9 Å². The first-order chi connectivity index (χ1) is 12.1. The van der Waals surface area contributed by atoms with E-state index in [0.717, 1.165) is 0 Å². The molecule has 1 aliphatic rings. The third-order valence-electron chi connectivity index (χ3n) is 4.24. The predicted octanol–water partition coefficient (Wildman–Crippen LogP) is 2.55. The minimum atomic E-state index is -0.631. The number of β-amino-alcohol motifs (C(OH)–C–C–N with tert-alkyl or cyclic N) is 1. The number of carbonyl (C=O) groups excluding carboxylic acids is 1. The number of halogens is 1. The van der Waals surface area contributed by atoms with Crippen LogP contribution in [0.4, 0.5) is 4.39 Å². The average Bonchev–Trinajstić information content (AvgIpc) is 3.02. The summed E-state index contributed by atoms with van der Waals surface area (Å²) in [6, 6.07) is 12.7. The van der Waals surface area contributed by atoms with E-state index in [1.165, 1.54) is 12.1 Å². The molecule has 0 unspecified atom stereocenters. The van der Waals surface area contributed by atoms with E-state index >= 15 is 0 Å². The Morgan fingerprint density at radius 2 is 2.00 bits per heavy atom. The number of nitrogens with zero attached hydrogens (tertiary/aromatic N) is 1. The van der Waals surface area contributed by atoms with Crippen LogP contribution >= 0.6 is 0 Å². The molecule has 1 saturated heterocycles. The smallest absolute Gasteiger partial charge is 0.261 e. The predicted molar refractivity (Wildman–Crippen MR) is 90.0 cm³/mol. The number of aliphatic hydroxyl groups excluding tert-OH is 1. The second-order valence-electron chi connectivity index (χ2n) is 5.97. The standard InChI is InChI=1S/C19H20FNO4/c1-24-16-6-3-7-17(10-16)25-12-19(23)21-11-15(22)9-18(21)13-4-2-5-14(20)8-13/h2-8,10,15,18,22H,9,11-12H2,1H3/t15-,18-/m1/s1. The molecule has 0 saturated carbocycles. The fourth-order valence-electron chi connectivity index (χ4n) is 3.04. The van der Waals surface area contributed by atoms with Crippen LogP contribution in [0.2, 0.25) is 0 Å². The Balaban J connectivity index is 1.69. The summed E-state index contributed by atoms with van der Waals surface area (Å²) in [5.74, 6) is 0.543. The fraction of sp³-hybridized carbons (Fsp3) is 0.316. The van der Waals surface area contributed by atoms with Gasteiger partial charge in [0, 0.05) is 12.6 Å². The van der Waals surface area contributed by atoms with E-state index in [4.69, 9.17) is 9.47 Å². The maximum Gasteiger partial charge on any atom is 0.261 e. The molecule has 2 aromatic rings. The Labute approximate surface area is 145 Å². The van der Waals surface area contributed by atoms with Crippen molar-refractivity contribution in [1.29, 1.82) is 0 Å². The quantitative estimate of drug-likeness (QED) is 0.905. The molecule has 5 nitrogen and oxygen atoms in total. The van der Waals surface area contributed by atoms with Crippen molar-refractivity contribution >= 4 is 5.91 Å². The van der Waals surface area contributed by atoms with Gasteiger partial charge in [-0.3, -0.25) is 4.79 Å². The van der Waals surface area contributed by atoms with Gasteiger partial charge in [0.15, 0.2) is 6.61 Å². The lowest BCUT2D eigenvalue weighted by atomic mass is 10.0. The van der Waals surface area contributed by atoms with Gasteiger partial charge in [-0.05, 0) is 36.2 Å².